The Morgan fingerprint density at radius 1 is 1.12 bits per heavy atom. The molecular formula is C24H24N2O4S2. The molecule has 0 radical (unpaired) electrons. The first-order valence-electron chi connectivity index (χ1n) is 10.3. The number of thiophene rings is 1. The molecule has 2 heterocycles. The van der Waals surface area contributed by atoms with Gasteiger partial charge in [0, 0.05) is 17.5 Å². The second-order valence-electron chi connectivity index (χ2n) is 7.41. The molecule has 2 aromatic carbocycles. The van der Waals surface area contributed by atoms with Gasteiger partial charge in [-0.15, -0.1) is 11.3 Å². The summed E-state index contributed by atoms with van der Waals surface area (Å²) in [5.41, 5.74) is 1.12. The van der Waals surface area contributed by atoms with Crippen LogP contribution in [-0.4, -0.2) is 32.9 Å². The summed E-state index contributed by atoms with van der Waals surface area (Å²) in [4.78, 5) is 16.0. The number of hydrogen-bond donors (Lipinski definition) is 1. The van der Waals surface area contributed by atoms with E-state index >= 15 is 0 Å². The van der Waals surface area contributed by atoms with Crippen molar-refractivity contribution in [3.05, 3.63) is 82.6 Å². The van der Waals surface area contributed by atoms with E-state index in [4.69, 9.17) is 4.74 Å². The van der Waals surface area contributed by atoms with Gasteiger partial charge >= 0.3 is 0 Å². The summed E-state index contributed by atoms with van der Waals surface area (Å²) < 4.78 is 33.2. The highest BCUT2D eigenvalue weighted by atomic mass is 32.2. The Morgan fingerprint density at radius 2 is 1.91 bits per heavy atom. The number of anilines is 1. The molecule has 3 aromatic rings. The van der Waals surface area contributed by atoms with Gasteiger partial charge in [0.25, 0.3) is 10.0 Å². The summed E-state index contributed by atoms with van der Waals surface area (Å²) in [5.74, 6) is 0.410. The minimum Gasteiger partial charge on any atom is -0.495 e. The summed E-state index contributed by atoms with van der Waals surface area (Å²) in [6.45, 7) is 0.748. The monoisotopic (exact) mass is 468 g/mol. The molecule has 1 N–H and O–H groups in total. The molecule has 8 heteroatoms. The van der Waals surface area contributed by atoms with Crippen LogP contribution in [0.2, 0.25) is 0 Å². The fraction of sp³-hybridized carbons (Fsp3) is 0.208. The van der Waals surface area contributed by atoms with Crippen LogP contribution in [0.1, 0.15) is 29.3 Å². The van der Waals surface area contributed by atoms with Crippen LogP contribution in [-0.2, 0) is 14.8 Å². The van der Waals surface area contributed by atoms with Gasteiger partial charge in [-0.2, -0.15) is 0 Å². The summed E-state index contributed by atoms with van der Waals surface area (Å²) in [6.07, 6.45) is 5.25. The van der Waals surface area contributed by atoms with Crippen molar-refractivity contribution in [2.45, 2.75) is 23.8 Å². The number of carbonyl (C=O) groups is 1. The highest BCUT2D eigenvalue weighted by molar-refractivity contribution is 7.92. The number of ether oxygens (including phenoxy) is 1. The van der Waals surface area contributed by atoms with Gasteiger partial charge in [-0.05, 0) is 60.2 Å². The van der Waals surface area contributed by atoms with E-state index in [1.54, 1.807) is 59.9 Å². The molecule has 0 aliphatic carbocycles. The lowest BCUT2D eigenvalue weighted by Gasteiger charge is -2.22. The van der Waals surface area contributed by atoms with Gasteiger partial charge in [-0.25, -0.2) is 8.42 Å². The Hall–Kier alpha value is -3.10. The summed E-state index contributed by atoms with van der Waals surface area (Å²) in [6, 6.07) is 17.4. The smallest absolute Gasteiger partial charge is 0.262 e. The van der Waals surface area contributed by atoms with Gasteiger partial charge in [0.05, 0.1) is 23.7 Å². The van der Waals surface area contributed by atoms with E-state index in [0.717, 1.165) is 24.9 Å². The van der Waals surface area contributed by atoms with E-state index in [1.807, 2.05) is 16.3 Å². The van der Waals surface area contributed by atoms with E-state index in [0.29, 0.717) is 11.4 Å². The number of rotatable bonds is 7. The Labute approximate surface area is 192 Å². The van der Waals surface area contributed by atoms with E-state index in [2.05, 4.69) is 10.8 Å². The molecule has 0 saturated carbocycles. The molecule has 4 rings (SSSR count). The molecule has 1 unspecified atom stereocenters. The lowest BCUT2D eigenvalue weighted by Crippen LogP contribution is -2.28. The molecule has 1 atom stereocenters. The number of nitrogens with zero attached hydrogens (tertiary/aromatic N) is 1. The second kappa shape index (κ2) is 9.58. The minimum absolute atomic E-state index is 0.0320. The van der Waals surface area contributed by atoms with Crippen LogP contribution in [0, 0.1) is 0 Å². The van der Waals surface area contributed by atoms with Crippen LogP contribution in [0.4, 0.5) is 5.69 Å². The third-order valence-electron chi connectivity index (χ3n) is 5.37. The molecule has 1 fully saturated rings. The Kier molecular flexibility index (Phi) is 6.62. The fourth-order valence-electron chi connectivity index (χ4n) is 3.76. The van der Waals surface area contributed by atoms with Crippen LogP contribution >= 0.6 is 11.3 Å². The van der Waals surface area contributed by atoms with E-state index < -0.39 is 10.0 Å². The van der Waals surface area contributed by atoms with Crippen LogP contribution in [0.5, 0.6) is 5.75 Å². The maximum absolute atomic E-state index is 12.7. The Morgan fingerprint density at radius 3 is 2.62 bits per heavy atom. The largest absolute Gasteiger partial charge is 0.495 e. The van der Waals surface area contributed by atoms with Crippen molar-refractivity contribution in [3.8, 4) is 5.75 Å². The van der Waals surface area contributed by atoms with Gasteiger partial charge in [0.1, 0.15) is 5.75 Å². The van der Waals surface area contributed by atoms with Crippen LogP contribution in [0.15, 0.2) is 77.0 Å². The highest BCUT2D eigenvalue weighted by Crippen LogP contribution is 2.34. The Balaban J connectivity index is 1.44. The zero-order valence-corrected chi connectivity index (χ0v) is 19.2. The summed E-state index contributed by atoms with van der Waals surface area (Å²) in [7, 11) is -2.28. The first kappa shape index (κ1) is 22.1. The zero-order valence-electron chi connectivity index (χ0n) is 17.6. The number of carbonyl (C=O) groups excluding carboxylic acids is 1. The topological polar surface area (TPSA) is 75.7 Å². The molecular weight excluding hydrogens is 444 g/mol. The summed E-state index contributed by atoms with van der Waals surface area (Å²) in [5, 5.41) is 2.03. The molecule has 6 nitrogen and oxygen atoms in total. The lowest BCUT2D eigenvalue weighted by atomic mass is 10.2. The van der Waals surface area contributed by atoms with E-state index in [9.17, 15) is 13.2 Å². The van der Waals surface area contributed by atoms with Gasteiger partial charge in [-0.1, -0.05) is 30.3 Å². The minimum atomic E-state index is -3.77. The number of amides is 1. The molecule has 1 aliphatic rings. The number of likely N-dealkylation sites (tertiary alicyclic amines) is 1. The standard InChI is InChI=1S/C24H24N2O4S2/c1-30-22-8-3-2-6-20(22)25-32(28,29)19-13-10-18(11-14-19)12-15-24(27)26-16-4-7-21(26)23-9-5-17-31-23/h2-3,5-6,8-15,17,21,25H,4,7,16H2,1H3. The molecule has 166 valence electrons. The van der Waals surface area contributed by atoms with Crippen molar-refractivity contribution < 1.29 is 17.9 Å². The van der Waals surface area contributed by atoms with Crippen molar-refractivity contribution in [2.75, 3.05) is 18.4 Å². The van der Waals surface area contributed by atoms with Crippen molar-refractivity contribution >= 4 is 39.0 Å². The number of methoxy groups -OCH3 is 1. The predicted molar refractivity (Wildman–Crippen MR) is 127 cm³/mol. The molecule has 1 aromatic heterocycles. The van der Waals surface area contributed by atoms with Crippen molar-refractivity contribution in [3.63, 3.8) is 0 Å². The number of hydrogen-bond acceptors (Lipinski definition) is 5. The van der Waals surface area contributed by atoms with Gasteiger partial charge < -0.3 is 9.64 Å². The zero-order chi connectivity index (χ0) is 22.6. The number of sulfonamides is 1. The van der Waals surface area contributed by atoms with Crippen LogP contribution < -0.4 is 9.46 Å². The fourth-order valence-corrected chi connectivity index (χ4v) is 5.71. The number of para-hydroxylation sites is 2. The SMILES string of the molecule is COc1ccccc1NS(=O)(=O)c1ccc(C=CC(=O)N2CCCC2c2cccs2)cc1. The first-order valence-corrected chi connectivity index (χ1v) is 12.6. The maximum Gasteiger partial charge on any atom is 0.262 e. The van der Waals surface area contributed by atoms with Gasteiger partial charge in [-0.3, -0.25) is 9.52 Å². The van der Waals surface area contributed by atoms with E-state index in [1.165, 1.54) is 24.1 Å². The third kappa shape index (κ3) is 4.87. The van der Waals surface area contributed by atoms with E-state index in [-0.39, 0.29) is 16.8 Å². The molecule has 0 bridgehead atoms. The quantitative estimate of drug-likeness (QED) is 0.499. The average molecular weight is 469 g/mol. The molecule has 1 saturated heterocycles. The van der Waals surface area contributed by atoms with Gasteiger partial charge in [0.15, 0.2) is 0 Å². The van der Waals surface area contributed by atoms with Crippen molar-refractivity contribution in [1.82, 2.24) is 4.90 Å². The lowest BCUT2D eigenvalue weighted by molar-refractivity contribution is -0.126. The number of nitrogens with one attached hydrogen (secondary N) is 1. The summed E-state index contributed by atoms with van der Waals surface area (Å²) >= 11 is 1.67. The van der Waals surface area contributed by atoms with Gasteiger partial charge in [0.2, 0.25) is 5.91 Å². The molecule has 1 amide bonds. The van der Waals surface area contributed by atoms with Crippen molar-refractivity contribution in [1.29, 1.82) is 0 Å². The highest BCUT2D eigenvalue weighted by Gasteiger charge is 2.29. The maximum atomic E-state index is 12.7. The first-order chi connectivity index (χ1) is 15.5. The number of benzene rings is 2. The van der Waals surface area contributed by atoms with Crippen molar-refractivity contribution in [2.24, 2.45) is 0 Å². The average Bonchev–Trinajstić information content (AvgIpc) is 3.49. The normalized spacial score (nSPS) is 16.4. The van der Waals surface area contributed by atoms with Crippen LogP contribution in [0.3, 0.4) is 0 Å². The third-order valence-corrected chi connectivity index (χ3v) is 7.72. The second-order valence-corrected chi connectivity index (χ2v) is 10.1. The predicted octanol–water partition coefficient (Wildman–Crippen LogP) is 4.93. The molecule has 32 heavy (non-hydrogen) atoms. The van der Waals surface area contributed by atoms with Crippen LogP contribution in [0.25, 0.3) is 6.08 Å². The Bertz CT molecular complexity index is 1200. The molecule has 0 spiro atoms. The molecule has 1 aliphatic heterocycles.